The van der Waals surface area contributed by atoms with Crippen molar-refractivity contribution in [2.75, 3.05) is 5.73 Å². The molecule has 0 spiro atoms. The smallest absolute Gasteiger partial charge is 0.332 e. The highest BCUT2D eigenvalue weighted by Gasteiger charge is 2.26. The lowest BCUT2D eigenvalue weighted by Gasteiger charge is -2.13. The first-order valence-electron chi connectivity index (χ1n) is 8.18. The molecule has 0 aliphatic rings. The van der Waals surface area contributed by atoms with E-state index in [4.69, 9.17) is 5.73 Å². The summed E-state index contributed by atoms with van der Waals surface area (Å²) in [6.07, 6.45) is 1.69. The van der Waals surface area contributed by atoms with E-state index < -0.39 is 22.3 Å². The summed E-state index contributed by atoms with van der Waals surface area (Å²) in [6, 6.07) is 9.67. The molecule has 2 heterocycles. The van der Waals surface area contributed by atoms with E-state index in [1.807, 2.05) is 30.3 Å². The standard InChI is InChI=1S/C18H19N5O3S/c1-10(14(24)13-15(19)22(2)18(26)23(3)16(13)25)27-17-20-9-12(21-17)11-7-5-4-6-8-11/h4-10H,19H2,1-3H3,(H,20,21). The minimum Gasteiger partial charge on any atom is -0.384 e. The van der Waals surface area contributed by atoms with Gasteiger partial charge in [0.1, 0.15) is 11.4 Å². The number of Topliss-reactive ketones (excluding diaryl/α,β-unsaturated/α-hetero) is 1. The Bertz CT molecular complexity index is 1110. The number of aromatic nitrogens is 4. The Labute approximate surface area is 159 Å². The van der Waals surface area contributed by atoms with Crippen molar-refractivity contribution in [3.05, 3.63) is 62.9 Å². The second-order valence-electron chi connectivity index (χ2n) is 6.06. The summed E-state index contributed by atoms with van der Waals surface area (Å²) >= 11 is 1.19. The van der Waals surface area contributed by atoms with Crippen molar-refractivity contribution in [3.8, 4) is 11.3 Å². The van der Waals surface area contributed by atoms with E-state index in [1.54, 1.807) is 13.1 Å². The quantitative estimate of drug-likeness (QED) is 0.507. The van der Waals surface area contributed by atoms with Crippen molar-refractivity contribution in [1.29, 1.82) is 0 Å². The van der Waals surface area contributed by atoms with Crippen LogP contribution in [0.25, 0.3) is 11.3 Å². The Hall–Kier alpha value is -3.07. The number of thioether (sulfide) groups is 1. The fourth-order valence-corrected chi connectivity index (χ4v) is 3.49. The Morgan fingerprint density at radius 2 is 1.85 bits per heavy atom. The number of ketones is 1. The monoisotopic (exact) mass is 385 g/mol. The molecule has 0 bridgehead atoms. The van der Waals surface area contributed by atoms with Gasteiger partial charge in [0, 0.05) is 14.1 Å². The van der Waals surface area contributed by atoms with Gasteiger partial charge in [-0.05, 0) is 12.5 Å². The lowest BCUT2D eigenvalue weighted by Crippen LogP contribution is -2.42. The first-order chi connectivity index (χ1) is 12.8. The van der Waals surface area contributed by atoms with Crippen molar-refractivity contribution < 1.29 is 4.79 Å². The lowest BCUT2D eigenvalue weighted by molar-refractivity contribution is 0.0992. The molecule has 0 saturated carbocycles. The number of nitrogens with zero attached hydrogens (tertiary/aromatic N) is 3. The Morgan fingerprint density at radius 1 is 1.19 bits per heavy atom. The highest BCUT2D eigenvalue weighted by atomic mass is 32.2. The second-order valence-corrected chi connectivity index (χ2v) is 7.39. The topological polar surface area (TPSA) is 116 Å². The van der Waals surface area contributed by atoms with Crippen LogP contribution in [0.2, 0.25) is 0 Å². The minimum absolute atomic E-state index is 0.134. The zero-order valence-corrected chi connectivity index (χ0v) is 15.9. The fraction of sp³-hybridized carbons (Fsp3) is 0.222. The fourth-order valence-electron chi connectivity index (χ4n) is 2.64. The third-order valence-electron chi connectivity index (χ3n) is 4.25. The van der Waals surface area contributed by atoms with Gasteiger partial charge >= 0.3 is 5.69 Å². The first-order valence-corrected chi connectivity index (χ1v) is 9.06. The lowest BCUT2D eigenvalue weighted by atomic mass is 10.1. The van der Waals surface area contributed by atoms with Gasteiger partial charge in [0.15, 0.2) is 10.9 Å². The first kappa shape index (κ1) is 18.7. The molecular weight excluding hydrogens is 366 g/mol. The summed E-state index contributed by atoms with van der Waals surface area (Å²) in [4.78, 5) is 44.5. The number of nitrogens with one attached hydrogen (secondary N) is 1. The van der Waals surface area contributed by atoms with Crippen molar-refractivity contribution >= 4 is 23.4 Å². The van der Waals surface area contributed by atoms with Crippen LogP contribution in [-0.4, -0.2) is 30.1 Å². The third kappa shape index (κ3) is 3.45. The van der Waals surface area contributed by atoms with E-state index in [1.165, 1.54) is 25.9 Å². The number of carbonyl (C=O) groups excluding carboxylic acids is 1. The summed E-state index contributed by atoms with van der Waals surface area (Å²) < 4.78 is 1.97. The van der Waals surface area contributed by atoms with Crippen LogP contribution in [0, 0.1) is 0 Å². The summed E-state index contributed by atoms with van der Waals surface area (Å²) in [5.41, 5.74) is 6.21. The number of anilines is 1. The molecule has 0 radical (unpaired) electrons. The normalized spacial score (nSPS) is 12.1. The van der Waals surface area contributed by atoms with E-state index in [0.717, 1.165) is 20.4 Å². The third-order valence-corrected chi connectivity index (χ3v) is 5.25. The van der Waals surface area contributed by atoms with E-state index in [2.05, 4.69) is 9.97 Å². The molecule has 0 aliphatic carbocycles. The van der Waals surface area contributed by atoms with E-state index in [9.17, 15) is 14.4 Å². The SMILES string of the molecule is CC(Sc1ncc(-c2ccccc2)[nH]1)C(=O)c1c(N)n(C)c(=O)n(C)c1=O. The van der Waals surface area contributed by atoms with Gasteiger partial charge in [0.2, 0.25) is 0 Å². The molecule has 2 aromatic heterocycles. The number of hydrogen-bond acceptors (Lipinski definition) is 6. The predicted molar refractivity (Wildman–Crippen MR) is 105 cm³/mol. The Balaban J connectivity index is 1.87. The molecular formula is C18H19N5O3S. The van der Waals surface area contributed by atoms with E-state index in [0.29, 0.717) is 5.16 Å². The summed E-state index contributed by atoms with van der Waals surface area (Å²) in [5.74, 6) is -0.587. The molecule has 1 unspecified atom stereocenters. The van der Waals surface area contributed by atoms with Crippen LogP contribution in [0.1, 0.15) is 17.3 Å². The van der Waals surface area contributed by atoms with Crippen molar-refractivity contribution in [2.24, 2.45) is 14.1 Å². The Morgan fingerprint density at radius 3 is 2.52 bits per heavy atom. The molecule has 8 nitrogen and oxygen atoms in total. The van der Waals surface area contributed by atoms with Gasteiger partial charge in [0.05, 0.1) is 17.1 Å². The van der Waals surface area contributed by atoms with Gasteiger partial charge in [-0.3, -0.25) is 18.7 Å². The molecule has 1 atom stereocenters. The highest BCUT2D eigenvalue weighted by Crippen LogP contribution is 2.26. The molecule has 1 aromatic carbocycles. The number of imidazole rings is 1. The van der Waals surface area contributed by atoms with Crippen LogP contribution >= 0.6 is 11.8 Å². The van der Waals surface area contributed by atoms with Crippen molar-refractivity contribution in [1.82, 2.24) is 19.1 Å². The van der Waals surface area contributed by atoms with Gasteiger partial charge < -0.3 is 10.7 Å². The molecule has 3 rings (SSSR count). The van der Waals surface area contributed by atoms with E-state index in [-0.39, 0.29) is 11.4 Å². The van der Waals surface area contributed by atoms with Gasteiger partial charge in [-0.1, -0.05) is 42.1 Å². The van der Waals surface area contributed by atoms with Crippen LogP contribution in [0.3, 0.4) is 0 Å². The average Bonchev–Trinajstić information content (AvgIpc) is 3.14. The maximum Gasteiger partial charge on any atom is 0.332 e. The van der Waals surface area contributed by atoms with E-state index >= 15 is 0 Å². The van der Waals surface area contributed by atoms with Crippen LogP contribution in [0.5, 0.6) is 0 Å². The molecule has 140 valence electrons. The Kier molecular flexibility index (Phi) is 5.04. The minimum atomic E-state index is -0.697. The number of H-pyrrole nitrogens is 1. The maximum absolute atomic E-state index is 12.8. The summed E-state index contributed by atoms with van der Waals surface area (Å²) in [6.45, 7) is 1.67. The molecule has 3 N–H and O–H groups in total. The highest BCUT2D eigenvalue weighted by molar-refractivity contribution is 8.00. The number of hydrogen-bond donors (Lipinski definition) is 2. The average molecular weight is 385 g/mol. The summed E-state index contributed by atoms with van der Waals surface area (Å²) in [7, 11) is 2.74. The van der Waals surface area contributed by atoms with Gasteiger partial charge in [-0.2, -0.15) is 0 Å². The maximum atomic E-state index is 12.8. The van der Waals surface area contributed by atoms with Crippen LogP contribution in [0.15, 0.2) is 51.3 Å². The predicted octanol–water partition coefficient (Wildman–Crippen LogP) is 1.42. The largest absolute Gasteiger partial charge is 0.384 e. The van der Waals surface area contributed by atoms with Gasteiger partial charge in [-0.15, -0.1) is 0 Å². The molecule has 27 heavy (non-hydrogen) atoms. The van der Waals surface area contributed by atoms with Crippen LogP contribution in [-0.2, 0) is 14.1 Å². The van der Waals surface area contributed by atoms with Gasteiger partial charge in [0.25, 0.3) is 5.56 Å². The number of aromatic amines is 1. The number of nitrogen functional groups attached to an aromatic ring is 1. The second kappa shape index (κ2) is 7.28. The number of nitrogens with two attached hydrogens (primary N) is 1. The van der Waals surface area contributed by atoms with Crippen LogP contribution < -0.4 is 17.0 Å². The van der Waals surface area contributed by atoms with Crippen molar-refractivity contribution in [2.45, 2.75) is 17.3 Å². The van der Waals surface area contributed by atoms with Gasteiger partial charge in [-0.25, -0.2) is 9.78 Å². The zero-order chi connectivity index (χ0) is 19.7. The number of rotatable bonds is 5. The summed E-state index contributed by atoms with van der Waals surface area (Å²) in [5, 5.41) is -0.0674. The van der Waals surface area contributed by atoms with Crippen LogP contribution in [0.4, 0.5) is 5.82 Å². The molecule has 9 heteroatoms. The molecule has 0 fully saturated rings. The molecule has 0 aliphatic heterocycles. The number of carbonyl (C=O) groups is 1. The number of benzene rings is 1. The molecule has 0 amide bonds. The van der Waals surface area contributed by atoms with Crippen molar-refractivity contribution in [3.63, 3.8) is 0 Å². The molecule has 0 saturated heterocycles. The molecule has 3 aromatic rings. The zero-order valence-electron chi connectivity index (χ0n) is 15.1.